The highest BCUT2D eigenvalue weighted by molar-refractivity contribution is 5.27. The summed E-state index contributed by atoms with van der Waals surface area (Å²) in [5, 5.41) is 0. The summed E-state index contributed by atoms with van der Waals surface area (Å²) in [6.45, 7) is 4.61. The van der Waals surface area contributed by atoms with Crippen LogP contribution in [-0.4, -0.2) is 6.72 Å². The predicted octanol–water partition coefficient (Wildman–Crippen LogP) is 2.76. The summed E-state index contributed by atoms with van der Waals surface area (Å²) in [6, 6.07) is 0. The van der Waals surface area contributed by atoms with Gasteiger partial charge in [0.1, 0.15) is 11.7 Å². The van der Waals surface area contributed by atoms with E-state index in [4.69, 9.17) is 0 Å². The van der Waals surface area contributed by atoms with E-state index in [1.807, 2.05) is 0 Å². The lowest BCUT2D eigenvalue weighted by molar-refractivity contribution is 0.586. The third-order valence-corrected chi connectivity index (χ3v) is 0.847. The number of hydrogen-bond donors (Lipinski definition) is 0. The number of halogens is 2. The van der Waals surface area contributed by atoms with Crippen LogP contribution in [0.2, 0.25) is 0 Å². The van der Waals surface area contributed by atoms with Gasteiger partial charge in [0, 0.05) is 6.08 Å². The van der Waals surface area contributed by atoms with Crippen molar-refractivity contribution >= 4 is 6.72 Å². The first kappa shape index (κ1) is 9.01. The zero-order valence-corrected chi connectivity index (χ0v) is 5.77. The van der Waals surface area contributed by atoms with Gasteiger partial charge in [0.25, 0.3) is 0 Å². The maximum atomic E-state index is 12.3. The first-order valence-corrected chi connectivity index (χ1v) is 2.88. The van der Waals surface area contributed by atoms with Crippen molar-refractivity contribution in [1.82, 2.24) is 0 Å². The zero-order valence-electron chi connectivity index (χ0n) is 5.77. The lowest BCUT2D eigenvalue weighted by Gasteiger charge is -1.86. The molecule has 1 nitrogen and oxygen atoms in total. The molecule has 0 aliphatic heterocycles. The largest absolute Gasteiger partial charge is 0.269 e. The van der Waals surface area contributed by atoms with Crippen LogP contribution in [0.5, 0.6) is 0 Å². The van der Waals surface area contributed by atoms with E-state index in [1.54, 1.807) is 6.92 Å². The molecule has 56 valence electrons. The van der Waals surface area contributed by atoms with E-state index >= 15 is 0 Å². The minimum Gasteiger partial charge on any atom is -0.269 e. The van der Waals surface area contributed by atoms with Gasteiger partial charge in [-0.2, -0.15) is 0 Å². The van der Waals surface area contributed by atoms with Crippen LogP contribution in [0.1, 0.15) is 13.3 Å². The van der Waals surface area contributed by atoms with Crippen LogP contribution in [0.3, 0.4) is 0 Å². The Morgan fingerprint density at radius 2 is 2.20 bits per heavy atom. The Balaban J connectivity index is 4.11. The van der Waals surface area contributed by atoms with Crippen LogP contribution >= 0.6 is 0 Å². The second-order valence-electron chi connectivity index (χ2n) is 1.64. The van der Waals surface area contributed by atoms with Crippen molar-refractivity contribution in [3.63, 3.8) is 0 Å². The molecule has 0 aliphatic rings. The SMILES string of the molecule is C=N/C=C(F)\C=C(\F)CC. The standard InChI is InChI=1S/C7H9F2N/c1-3-6(8)4-7(9)5-10-2/h4-5H,2-3H2,1H3/b6-4+,7-5+. The van der Waals surface area contributed by atoms with Gasteiger partial charge in [-0.25, -0.2) is 8.78 Å². The van der Waals surface area contributed by atoms with E-state index in [0.29, 0.717) is 0 Å². The lowest BCUT2D eigenvalue weighted by Crippen LogP contribution is -1.70. The Bertz CT molecular complexity index is 170. The summed E-state index contributed by atoms with van der Waals surface area (Å²) in [5.74, 6) is -1.22. The van der Waals surface area contributed by atoms with Crippen LogP contribution in [0.15, 0.2) is 28.9 Å². The van der Waals surface area contributed by atoms with Gasteiger partial charge in [-0.3, -0.25) is 4.99 Å². The fourth-order valence-electron chi connectivity index (χ4n) is 0.376. The average Bonchev–Trinajstić information content (AvgIpc) is 1.88. The molecule has 0 bridgehead atoms. The Morgan fingerprint density at radius 3 is 2.60 bits per heavy atom. The second kappa shape index (κ2) is 4.85. The Morgan fingerprint density at radius 1 is 1.60 bits per heavy atom. The van der Waals surface area contributed by atoms with Crippen molar-refractivity contribution in [1.29, 1.82) is 0 Å². The van der Waals surface area contributed by atoms with Crippen LogP contribution in [0.25, 0.3) is 0 Å². The van der Waals surface area contributed by atoms with E-state index in [0.717, 1.165) is 12.3 Å². The number of hydrogen-bond acceptors (Lipinski definition) is 1. The molecular formula is C7H9F2N. The zero-order chi connectivity index (χ0) is 7.98. The van der Waals surface area contributed by atoms with Gasteiger partial charge in [0.15, 0.2) is 0 Å². The lowest BCUT2D eigenvalue weighted by atomic mass is 10.3. The summed E-state index contributed by atoms with van der Waals surface area (Å²) >= 11 is 0. The minimum absolute atomic E-state index is 0.193. The number of allylic oxidation sites excluding steroid dienone is 3. The van der Waals surface area contributed by atoms with Crippen molar-refractivity contribution in [2.45, 2.75) is 13.3 Å². The van der Waals surface area contributed by atoms with Gasteiger partial charge in [-0.05, 0) is 13.1 Å². The van der Waals surface area contributed by atoms with Gasteiger partial charge in [0.2, 0.25) is 0 Å². The first-order chi connectivity index (χ1) is 4.70. The molecule has 0 aromatic rings. The minimum atomic E-state index is -0.714. The molecular weight excluding hydrogens is 136 g/mol. The molecule has 0 atom stereocenters. The predicted molar refractivity (Wildman–Crippen MR) is 38.2 cm³/mol. The summed E-state index contributed by atoms with van der Waals surface area (Å²) in [6.07, 6.45) is 1.84. The molecule has 0 saturated heterocycles. The summed E-state index contributed by atoms with van der Waals surface area (Å²) in [5.41, 5.74) is 0. The van der Waals surface area contributed by atoms with Gasteiger partial charge in [0.05, 0.1) is 6.20 Å². The molecule has 0 saturated carbocycles. The number of rotatable bonds is 3. The fourth-order valence-corrected chi connectivity index (χ4v) is 0.376. The highest BCUT2D eigenvalue weighted by atomic mass is 19.1. The third kappa shape index (κ3) is 3.95. The Kier molecular flexibility index (Phi) is 4.37. The van der Waals surface area contributed by atoms with Crippen molar-refractivity contribution in [2.24, 2.45) is 4.99 Å². The molecule has 0 rings (SSSR count). The normalized spacial score (nSPS) is 13.5. The van der Waals surface area contributed by atoms with Crippen molar-refractivity contribution in [3.05, 3.63) is 23.9 Å². The van der Waals surface area contributed by atoms with Crippen molar-refractivity contribution in [3.8, 4) is 0 Å². The summed E-state index contributed by atoms with van der Waals surface area (Å²) in [7, 11) is 0. The van der Waals surface area contributed by atoms with Gasteiger partial charge < -0.3 is 0 Å². The van der Waals surface area contributed by atoms with Gasteiger partial charge in [-0.1, -0.05) is 6.92 Å². The van der Waals surface area contributed by atoms with Crippen molar-refractivity contribution in [2.75, 3.05) is 0 Å². The molecule has 10 heavy (non-hydrogen) atoms. The fraction of sp³-hybridized carbons (Fsp3) is 0.286. The van der Waals surface area contributed by atoms with E-state index in [-0.39, 0.29) is 6.42 Å². The highest BCUT2D eigenvalue weighted by Crippen LogP contribution is 2.07. The Labute approximate surface area is 58.8 Å². The van der Waals surface area contributed by atoms with E-state index in [1.165, 1.54) is 0 Å². The highest BCUT2D eigenvalue weighted by Gasteiger charge is 1.91. The van der Waals surface area contributed by atoms with Crippen LogP contribution in [0.4, 0.5) is 8.78 Å². The average molecular weight is 145 g/mol. The van der Waals surface area contributed by atoms with Crippen LogP contribution in [0, 0.1) is 0 Å². The Hall–Kier alpha value is -0.990. The van der Waals surface area contributed by atoms with Crippen molar-refractivity contribution < 1.29 is 8.78 Å². The maximum Gasteiger partial charge on any atom is 0.143 e. The topological polar surface area (TPSA) is 12.4 Å². The molecule has 0 aliphatic carbocycles. The van der Waals surface area contributed by atoms with E-state index in [2.05, 4.69) is 11.7 Å². The number of nitrogens with zero attached hydrogens (tertiary/aromatic N) is 1. The van der Waals surface area contributed by atoms with Crippen LogP contribution < -0.4 is 0 Å². The molecule has 0 heterocycles. The summed E-state index contributed by atoms with van der Waals surface area (Å²) in [4.78, 5) is 3.12. The maximum absolute atomic E-state index is 12.3. The summed E-state index contributed by atoms with van der Waals surface area (Å²) < 4.78 is 24.5. The molecule has 0 aromatic carbocycles. The molecule has 0 fully saturated rings. The quantitative estimate of drug-likeness (QED) is 0.427. The van der Waals surface area contributed by atoms with E-state index in [9.17, 15) is 8.78 Å². The van der Waals surface area contributed by atoms with Gasteiger partial charge in [-0.15, -0.1) is 0 Å². The number of aliphatic imine (C=N–C) groups is 1. The second-order valence-corrected chi connectivity index (χ2v) is 1.64. The molecule has 0 spiro atoms. The van der Waals surface area contributed by atoms with E-state index < -0.39 is 11.7 Å². The van der Waals surface area contributed by atoms with Gasteiger partial charge >= 0.3 is 0 Å². The molecule has 0 amide bonds. The first-order valence-electron chi connectivity index (χ1n) is 2.88. The third-order valence-electron chi connectivity index (χ3n) is 0.847. The molecule has 0 aromatic heterocycles. The molecule has 0 N–H and O–H groups in total. The molecule has 0 radical (unpaired) electrons. The van der Waals surface area contributed by atoms with Crippen LogP contribution in [-0.2, 0) is 0 Å². The monoisotopic (exact) mass is 145 g/mol. The molecule has 0 unspecified atom stereocenters. The smallest absolute Gasteiger partial charge is 0.143 e. The molecule has 3 heteroatoms.